The van der Waals surface area contributed by atoms with E-state index in [2.05, 4.69) is 15.0 Å². The third-order valence-corrected chi connectivity index (χ3v) is 5.28. The molecular weight excluding hydrogens is 409 g/mol. The lowest BCUT2D eigenvalue weighted by atomic mass is 9.97. The van der Waals surface area contributed by atoms with Crippen LogP contribution in [0.5, 0.6) is 11.5 Å². The summed E-state index contributed by atoms with van der Waals surface area (Å²) >= 11 is 0. The molecule has 1 aliphatic rings. The quantitative estimate of drug-likeness (QED) is 0.675. The normalized spacial score (nSPS) is 17.2. The van der Waals surface area contributed by atoms with E-state index in [1.54, 1.807) is 19.2 Å². The van der Waals surface area contributed by atoms with Gasteiger partial charge in [0.15, 0.2) is 0 Å². The van der Waals surface area contributed by atoms with Gasteiger partial charge in [0.05, 0.1) is 13.5 Å². The molecule has 2 aromatic rings. The lowest BCUT2D eigenvalue weighted by molar-refractivity contribution is -0.274. The number of piperidine rings is 1. The molecule has 1 heterocycles. The monoisotopic (exact) mass is 436 g/mol. The first-order valence-corrected chi connectivity index (χ1v) is 10.3. The van der Waals surface area contributed by atoms with Gasteiger partial charge in [-0.05, 0) is 60.7 Å². The number of likely N-dealkylation sites (tertiary alicyclic amines) is 1. The summed E-state index contributed by atoms with van der Waals surface area (Å²) in [5, 5.41) is 3.02. The van der Waals surface area contributed by atoms with Crippen molar-refractivity contribution >= 4 is 5.91 Å². The Balaban J connectivity index is 1.43. The Hall–Kier alpha value is -2.74. The fraction of sp³-hybridized carbons (Fsp3) is 0.435. The second-order valence-corrected chi connectivity index (χ2v) is 7.76. The highest BCUT2D eigenvalue weighted by atomic mass is 19.4. The van der Waals surface area contributed by atoms with Gasteiger partial charge in [-0.25, -0.2) is 0 Å². The molecule has 3 rings (SSSR count). The Bertz CT molecular complexity index is 839. The van der Waals surface area contributed by atoms with Crippen molar-refractivity contribution in [2.75, 3.05) is 26.7 Å². The summed E-state index contributed by atoms with van der Waals surface area (Å²) in [6.45, 7) is 3.03. The van der Waals surface area contributed by atoms with Crippen molar-refractivity contribution in [2.24, 2.45) is 5.92 Å². The predicted molar refractivity (Wildman–Crippen MR) is 111 cm³/mol. The highest BCUT2D eigenvalue weighted by Gasteiger charge is 2.31. The molecule has 31 heavy (non-hydrogen) atoms. The summed E-state index contributed by atoms with van der Waals surface area (Å²) in [6, 6.07) is 13.4. The van der Waals surface area contributed by atoms with Crippen LogP contribution < -0.4 is 14.8 Å². The molecule has 5 nitrogen and oxygen atoms in total. The highest BCUT2D eigenvalue weighted by Crippen LogP contribution is 2.24. The van der Waals surface area contributed by atoms with Gasteiger partial charge in [-0.2, -0.15) is 0 Å². The second-order valence-electron chi connectivity index (χ2n) is 7.76. The molecule has 2 aromatic carbocycles. The number of amides is 1. The summed E-state index contributed by atoms with van der Waals surface area (Å²) in [7, 11) is 1.60. The largest absolute Gasteiger partial charge is 0.573 e. The third-order valence-electron chi connectivity index (χ3n) is 5.28. The van der Waals surface area contributed by atoms with Gasteiger partial charge in [0.1, 0.15) is 11.5 Å². The van der Waals surface area contributed by atoms with E-state index in [0.29, 0.717) is 25.4 Å². The maximum absolute atomic E-state index is 12.3. The SMILES string of the molecule is COc1ccc(CC(=O)NC[C@@H]2CCCN(Cc3ccc(OC(F)(F)F)cc3)C2)cc1. The van der Waals surface area contributed by atoms with Crippen LogP contribution in [0.3, 0.4) is 0 Å². The van der Waals surface area contributed by atoms with Crippen molar-refractivity contribution in [1.29, 1.82) is 0 Å². The highest BCUT2D eigenvalue weighted by molar-refractivity contribution is 5.78. The van der Waals surface area contributed by atoms with E-state index >= 15 is 0 Å². The van der Waals surface area contributed by atoms with Gasteiger partial charge < -0.3 is 14.8 Å². The predicted octanol–water partition coefficient (Wildman–Crippen LogP) is 4.16. The Morgan fingerprint density at radius 1 is 1.06 bits per heavy atom. The van der Waals surface area contributed by atoms with Crippen LogP contribution in [0.15, 0.2) is 48.5 Å². The van der Waals surface area contributed by atoms with Crippen LogP contribution in [-0.2, 0) is 17.8 Å². The summed E-state index contributed by atoms with van der Waals surface area (Å²) in [6.07, 6.45) is -2.29. The zero-order valence-corrected chi connectivity index (χ0v) is 17.5. The maximum Gasteiger partial charge on any atom is 0.573 e. The first kappa shape index (κ1) is 22.9. The summed E-state index contributed by atoms with van der Waals surface area (Å²) in [5.74, 6) is 0.880. The molecule has 8 heteroatoms. The van der Waals surface area contributed by atoms with Crippen LogP contribution in [0.4, 0.5) is 13.2 Å². The molecule has 1 atom stereocenters. The molecule has 1 saturated heterocycles. The van der Waals surface area contributed by atoms with Gasteiger partial charge in [-0.15, -0.1) is 13.2 Å². The molecular formula is C23H27F3N2O3. The minimum atomic E-state index is -4.68. The third kappa shape index (κ3) is 7.79. The van der Waals surface area contributed by atoms with Crippen molar-refractivity contribution in [1.82, 2.24) is 10.2 Å². The number of halogens is 3. The second kappa shape index (κ2) is 10.5. The Morgan fingerprint density at radius 2 is 1.71 bits per heavy atom. The van der Waals surface area contributed by atoms with Gasteiger partial charge in [-0.3, -0.25) is 9.69 Å². The number of hydrogen-bond acceptors (Lipinski definition) is 4. The average Bonchev–Trinajstić information content (AvgIpc) is 2.73. The van der Waals surface area contributed by atoms with Crippen LogP contribution in [0.1, 0.15) is 24.0 Å². The fourth-order valence-electron chi connectivity index (χ4n) is 3.77. The van der Waals surface area contributed by atoms with E-state index in [1.807, 2.05) is 24.3 Å². The average molecular weight is 436 g/mol. The number of methoxy groups -OCH3 is 1. The number of rotatable bonds is 8. The van der Waals surface area contributed by atoms with Crippen molar-refractivity contribution < 1.29 is 27.4 Å². The Kier molecular flexibility index (Phi) is 7.79. The van der Waals surface area contributed by atoms with Gasteiger partial charge >= 0.3 is 6.36 Å². The minimum absolute atomic E-state index is 0.0115. The zero-order chi connectivity index (χ0) is 22.3. The first-order chi connectivity index (χ1) is 14.8. The lowest BCUT2D eigenvalue weighted by Gasteiger charge is -2.33. The van der Waals surface area contributed by atoms with Crippen LogP contribution >= 0.6 is 0 Å². The summed E-state index contributed by atoms with van der Waals surface area (Å²) in [4.78, 5) is 14.5. The number of hydrogen-bond donors (Lipinski definition) is 1. The molecule has 0 saturated carbocycles. The lowest BCUT2D eigenvalue weighted by Crippen LogP contribution is -2.40. The van der Waals surface area contributed by atoms with Crippen molar-refractivity contribution in [2.45, 2.75) is 32.2 Å². The van der Waals surface area contributed by atoms with E-state index in [1.165, 1.54) is 12.1 Å². The number of nitrogens with one attached hydrogen (secondary N) is 1. The van der Waals surface area contributed by atoms with E-state index in [-0.39, 0.29) is 11.7 Å². The van der Waals surface area contributed by atoms with Crippen molar-refractivity contribution in [3.8, 4) is 11.5 Å². The topological polar surface area (TPSA) is 50.8 Å². The number of alkyl halides is 3. The Morgan fingerprint density at radius 3 is 2.35 bits per heavy atom. The number of carbonyl (C=O) groups is 1. The van der Waals surface area contributed by atoms with E-state index in [9.17, 15) is 18.0 Å². The smallest absolute Gasteiger partial charge is 0.497 e. The first-order valence-electron chi connectivity index (χ1n) is 10.3. The Labute approximate surface area is 180 Å². The van der Waals surface area contributed by atoms with E-state index < -0.39 is 6.36 Å². The molecule has 1 N–H and O–H groups in total. The van der Waals surface area contributed by atoms with Gasteiger partial charge in [-0.1, -0.05) is 24.3 Å². The zero-order valence-electron chi connectivity index (χ0n) is 17.5. The summed E-state index contributed by atoms with van der Waals surface area (Å²) < 4.78 is 45.9. The standard InChI is InChI=1S/C23H27F3N2O3/c1-30-20-8-4-17(5-9-20)13-22(29)27-14-19-3-2-12-28(16-19)15-18-6-10-21(11-7-18)31-23(24,25)26/h4-11,19H,2-3,12-16H2,1H3,(H,27,29)/t19-/m0/s1. The molecule has 0 bridgehead atoms. The van der Waals surface area contributed by atoms with Crippen molar-refractivity contribution in [3.63, 3.8) is 0 Å². The molecule has 0 aromatic heterocycles. The van der Waals surface area contributed by atoms with Gasteiger partial charge in [0.25, 0.3) is 0 Å². The maximum atomic E-state index is 12.3. The van der Waals surface area contributed by atoms with E-state index in [0.717, 1.165) is 42.8 Å². The number of nitrogens with zero attached hydrogens (tertiary/aromatic N) is 1. The molecule has 1 aliphatic heterocycles. The molecule has 0 aliphatic carbocycles. The fourth-order valence-corrected chi connectivity index (χ4v) is 3.77. The van der Waals surface area contributed by atoms with Crippen LogP contribution in [-0.4, -0.2) is 43.9 Å². The molecule has 0 unspecified atom stereocenters. The molecule has 0 spiro atoms. The number of carbonyl (C=O) groups excluding carboxylic acids is 1. The van der Waals surface area contributed by atoms with Crippen LogP contribution in [0, 0.1) is 5.92 Å². The molecule has 1 amide bonds. The van der Waals surface area contributed by atoms with Gasteiger partial charge in [0.2, 0.25) is 5.91 Å². The summed E-state index contributed by atoms with van der Waals surface area (Å²) in [5.41, 5.74) is 1.86. The van der Waals surface area contributed by atoms with Gasteiger partial charge in [0, 0.05) is 19.6 Å². The minimum Gasteiger partial charge on any atom is -0.497 e. The number of ether oxygens (including phenoxy) is 2. The van der Waals surface area contributed by atoms with Crippen LogP contribution in [0.25, 0.3) is 0 Å². The number of benzene rings is 2. The van der Waals surface area contributed by atoms with Crippen LogP contribution in [0.2, 0.25) is 0 Å². The van der Waals surface area contributed by atoms with Crippen molar-refractivity contribution in [3.05, 3.63) is 59.7 Å². The molecule has 0 radical (unpaired) electrons. The molecule has 1 fully saturated rings. The van der Waals surface area contributed by atoms with E-state index in [4.69, 9.17) is 4.74 Å². The molecule has 168 valence electrons.